The fourth-order valence-electron chi connectivity index (χ4n) is 2.46. The molecule has 0 aromatic carbocycles. The van der Waals surface area contributed by atoms with E-state index in [0.29, 0.717) is 12.1 Å². The maximum absolute atomic E-state index is 4.04. The van der Waals surface area contributed by atoms with E-state index in [2.05, 4.69) is 41.4 Å². The standard InChI is InChI=1S/C12H22N4/c1-9-5-4-6-10(2)16(9)14-8-12-7-13-15-11(12)3/h7,9-10,14H,4-6,8H2,1-3H3,(H,13,15). The molecule has 1 fully saturated rings. The molecule has 2 unspecified atom stereocenters. The summed E-state index contributed by atoms with van der Waals surface area (Å²) < 4.78 is 0. The van der Waals surface area contributed by atoms with Gasteiger partial charge in [-0.2, -0.15) is 5.10 Å². The number of aromatic amines is 1. The van der Waals surface area contributed by atoms with E-state index in [9.17, 15) is 0 Å². The molecule has 16 heavy (non-hydrogen) atoms. The van der Waals surface area contributed by atoms with Gasteiger partial charge in [-0.15, -0.1) is 0 Å². The second-order valence-corrected chi connectivity index (χ2v) is 4.89. The first kappa shape index (κ1) is 11.6. The number of nitrogens with one attached hydrogen (secondary N) is 2. The number of hydrazine groups is 1. The Kier molecular flexibility index (Phi) is 3.61. The number of hydrogen-bond acceptors (Lipinski definition) is 3. The fraction of sp³-hybridized carbons (Fsp3) is 0.750. The van der Waals surface area contributed by atoms with Gasteiger partial charge in [0.2, 0.25) is 0 Å². The molecule has 0 saturated carbocycles. The summed E-state index contributed by atoms with van der Waals surface area (Å²) in [5.74, 6) is 0. The first-order chi connectivity index (χ1) is 7.68. The number of aromatic nitrogens is 2. The predicted octanol–water partition coefficient (Wildman–Crippen LogP) is 1.99. The summed E-state index contributed by atoms with van der Waals surface area (Å²) in [4.78, 5) is 0. The zero-order valence-corrected chi connectivity index (χ0v) is 10.5. The Labute approximate surface area is 97.4 Å². The van der Waals surface area contributed by atoms with Gasteiger partial charge in [-0.3, -0.25) is 10.5 Å². The largest absolute Gasteiger partial charge is 0.283 e. The average molecular weight is 222 g/mol. The van der Waals surface area contributed by atoms with Crippen LogP contribution in [0.15, 0.2) is 6.20 Å². The number of rotatable bonds is 3. The van der Waals surface area contributed by atoms with Gasteiger partial charge < -0.3 is 0 Å². The van der Waals surface area contributed by atoms with E-state index in [1.165, 1.54) is 24.8 Å². The second kappa shape index (κ2) is 4.97. The molecule has 2 heterocycles. The van der Waals surface area contributed by atoms with E-state index in [4.69, 9.17) is 0 Å². The van der Waals surface area contributed by atoms with Crippen molar-refractivity contribution in [2.75, 3.05) is 0 Å². The summed E-state index contributed by atoms with van der Waals surface area (Å²) >= 11 is 0. The minimum absolute atomic E-state index is 0.635. The van der Waals surface area contributed by atoms with Crippen LogP contribution < -0.4 is 5.43 Å². The molecule has 2 atom stereocenters. The molecule has 0 spiro atoms. The molecular weight excluding hydrogens is 200 g/mol. The van der Waals surface area contributed by atoms with E-state index < -0.39 is 0 Å². The molecule has 0 amide bonds. The number of H-pyrrole nitrogens is 1. The summed E-state index contributed by atoms with van der Waals surface area (Å²) in [6.07, 6.45) is 5.84. The number of nitrogens with zero attached hydrogens (tertiary/aromatic N) is 2. The highest BCUT2D eigenvalue weighted by molar-refractivity contribution is 5.13. The summed E-state index contributed by atoms with van der Waals surface area (Å²) in [5, 5.41) is 9.41. The third-order valence-corrected chi connectivity index (χ3v) is 3.58. The molecular formula is C12H22N4. The van der Waals surface area contributed by atoms with E-state index in [1.54, 1.807) is 0 Å². The van der Waals surface area contributed by atoms with Gasteiger partial charge in [0.25, 0.3) is 0 Å². The number of hydrogen-bond donors (Lipinski definition) is 2. The van der Waals surface area contributed by atoms with Gasteiger partial charge in [-0.1, -0.05) is 6.42 Å². The Morgan fingerprint density at radius 1 is 1.44 bits per heavy atom. The molecule has 0 aliphatic carbocycles. The van der Waals surface area contributed by atoms with Crippen molar-refractivity contribution in [1.29, 1.82) is 0 Å². The van der Waals surface area contributed by atoms with Gasteiger partial charge in [0.15, 0.2) is 0 Å². The Hall–Kier alpha value is -0.870. The number of aryl methyl sites for hydroxylation is 1. The Morgan fingerprint density at radius 2 is 2.12 bits per heavy atom. The van der Waals surface area contributed by atoms with Crippen molar-refractivity contribution in [1.82, 2.24) is 20.6 Å². The predicted molar refractivity (Wildman–Crippen MR) is 64.8 cm³/mol. The zero-order valence-electron chi connectivity index (χ0n) is 10.5. The normalized spacial score (nSPS) is 27.2. The lowest BCUT2D eigenvalue weighted by Gasteiger charge is -2.39. The van der Waals surface area contributed by atoms with Crippen molar-refractivity contribution in [2.45, 2.75) is 58.7 Å². The maximum Gasteiger partial charge on any atom is 0.0535 e. The molecule has 1 aromatic rings. The summed E-state index contributed by atoms with van der Waals surface area (Å²) in [6, 6.07) is 1.27. The quantitative estimate of drug-likeness (QED) is 0.822. The number of piperidine rings is 1. The molecule has 1 aromatic heterocycles. The molecule has 90 valence electrons. The summed E-state index contributed by atoms with van der Waals surface area (Å²) in [6.45, 7) is 7.53. The highest BCUT2D eigenvalue weighted by Gasteiger charge is 2.24. The van der Waals surface area contributed by atoms with Crippen molar-refractivity contribution in [2.24, 2.45) is 0 Å². The van der Waals surface area contributed by atoms with Crippen LogP contribution in [0.4, 0.5) is 0 Å². The molecule has 2 N–H and O–H groups in total. The highest BCUT2D eigenvalue weighted by Crippen LogP contribution is 2.20. The van der Waals surface area contributed by atoms with Crippen LogP contribution in [0.5, 0.6) is 0 Å². The van der Waals surface area contributed by atoms with Gasteiger partial charge in [0.1, 0.15) is 0 Å². The molecule has 4 nitrogen and oxygen atoms in total. The Bertz CT molecular complexity index is 324. The van der Waals surface area contributed by atoms with Crippen molar-refractivity contribution in [3.63, 3.8) is 0 Å². The van der Waals surface area contributed by atoms with Crippen LogP contribution in [-0.2, 0) is 6.54 Å². The minimum atomic E-state index is 0.635. The van der Waals surface area contributed by atoms with Crippen molar-refractivity contribution in [3.05, 3.63) is 17.5 Å². The van der Waals surface area contributed by atoms with Crippen LogP contribution in [0.1, 0.15) is 44.4 Å². The lowest BCUT2D eigenvalue weighted by Crippen LogP contribution is -2.51. The fourth-order valence-corrected chi connectivity index (χ4v) is 2.46. The van der Waals surface area contributed by atoms with Crippen LogP contribution in [0, 0.1) is 6.92 Å². The topological polar surface area (TPSA) is 44.0 Å². The third-order valence-electron chi connectivity index (χ3n) is 3.58. The van der Waals surface area contributed by atoms with Crippen LogP contribution in [0.2, 0.25) is 0 Å². The molecule has 4 heteroatoms. The molecule has 0 radical (unpaired) electrons. The monoisotopic (exact) mass is 222 g/mol. The third kappa shape index (κ3) is 2.44. The first-order valence-electron chi connectivity index (χ1n) is 6.19. The zero-order chi connectivity index (χ0) is 11.5. The van der Waals surface area contributed by atoms with E-state index in [0.717, 1.165) is 12.2 Å². The lowest BCUT2D eigenvalue weighted by atomic mass is 10.00. The smallest absolute Gasteiger partial charge is 0.0535 e. The van der Waals surface area contributed by atoms with Gasteiger partial charge in [0.05, 0.1) is 6.20 Å². The second-order valence-electron chi connectivity index (χ2n) is 4.89. The molecule has 2 rings (SSSR count). The highest BCUT2D eigenvalue weighted by atomic mass is 15.5. The summed E-state index contributed by atoms with van der Waals surface area (Å²) in [5.41, 5.74) is 5.95. The van der Waals surface area contributed by atoms with Crippen LogP contribution in [0.3, 0.4) is 0 Å². The Balaban J connectivity index is 1.91. The molecule has 1 aliphatic heterocycles. The maximum atomic E-state index is 4.04. The van der Waals surface area contributed by atoms with E-state index in [1.807, 2.05) is 6.20 Å². The Morgan fingerprint density at radius 3 is 2.69 bits per heavy atom. The van der Waals surface area contributed by atoms with E-state index in [-0.39, 0.29) is 0 Å². The van der Waals surface area contributed by atoms with Crippen LogP contribution in [0.25, 0.3) is 0 Å². The molecule has 1 saturated heterocycles. The SMILES string of the molecule is Cc1[nH]ncc1CNN1C(C)CCCC1C. The van der Waals surface area contributed by atoms with Crippen molar-refractivity contribution >= 4 is 0 Å². The van der Waals surface area contributed by atoms with Crippen molar-refractivity contribution < 1.29 is 0 Å². The lowest BCUT2D eigenvalue weighted by molar-refractivity contribution is 0.0435. The van der Waals surface area contributed by atoms with Crippen molar-refractivity contribution in [3.8, 4) is 0 Å². The van der Waals surface area contributed by atoms with Crippen LogP contribution in [-0.4, -0.2) is 27.3 Å². The first-order valence-corrected chi connectivity index (χ1v) is 6.19. The van der Waals surface area contributed by atoms with Gasteiger partial charge >= 0.3 is 0 Å². The van der Waals surface area contributed by atoms with E-state index >= 15 is 0 Å². The average Bonchev–Trinajstić information content (AvgIpc) is 2.64. The minimum Gasteiger partial charge on any atom is -0.283 e. The van der Waals surface area contributed by atoms with Gasteiger partial charge in [-0.25, -0.2) is 5.01 Å². The van der Waals surface area contributed by atoms with Gasteiger partial charge in [0, 0.05) is 29.9 Å². The van der Waals surface area contributed by atoms with Crippen LogP contribution >= 0.6 is 0 Å². The summed E-state index contributed by atoms with van der Waals surface area (Å²) in [7, 11) is 0. The van der Waals surface area contributed by atoms with Gasteiger partial charge in [-0.05, 0) is 33.6 Å². The molecule has 0 bridgehead atoms. The molecule has 1 aliphatic rings.